The van der Waals surface area contributed by atoms with Crippen molar-refractivity contribution in [2.75, 3.05) is 6.61 Å². The van der Waals surface area contributed by atoms with Gasteiger partial charge in [-0.05, 0) is 79.9 Å². The van der Waals surface area contributed by atoms with Crippen molar-refractivity contribution in [2.45, 2.75) is 64.8 Å². The van der Waals surface area contributed by atoms with Crippen molar-refractivity contribution in [3.8, 4) is 17.2 Å². The van der Waals surface area contributed by atoms with Gasteiger partial charge < -0.3 is 31.6 Å². The van der Waals surface area contributed by atoms with Crippen LogP contribution in [0.1, 0.15) is 42.1 Å². The Morgan fingerprint density at radius 1 is 1.02 bits per heavy atom. The molecule has 0 aliphatic rings. The van der Waals surface area contributed by atoms with Gasteiger partial charge in [-0.25, -0.2) is 36.2 Å². The van der Waals surface area contributed by atoms with E-state index in [-0.39, 0.29) is 34.0 Å². The number of aliphatic hydroxyl groups is 1. The molecule has 3 aromatic carbocycles. The Hall–Kier alpha value is -4.97. The molecule has 0 aliphatic heterocycles. The zero-order valence-electron chi connectivity index (χ0n) is 28.1. The summed E-state index contributed by atoms with van der Waals surface area (Å²) in [5.41, 5.74) is -0.853. The standard InChI is InChI=1S/C34H33F6N6O5.BrH/c1-20-11-24(12-21(2)30(20)51-23(4)47)14-43-17-41-44(19-43)15-33(49,28-10-5-25(35)13-29(28)36)22(3)46-32(48)45(18-42-46)26-6-8-27(9-7-26)50-16-34(39,40)31(37)38;/h5-13,17-19,22,31,49H,14-16H2,1-4H3;1H/q+1;/p-1. The van der Waals surface area contributed by atoms with Crippen molar-refractivity contribution in [3.63, 3.8) is 0 Å². The molecule has 18 heteroatoms. The Balaban J connectivity index is 0.00000605. The fourth-order valence-corrected chi connectivity index (χ4v) is 5.61. The van der Waals surface area contributed by atoms with Crippen molar-refractivity contribution < 1.29 is 67.3 Å². The summed E-state index contributed by atoms with van der Waals surface area (Å²) < 4.78 is 95.7. The Labute approximate surface area is 303 Å². The number of aromatic nitrogens is 6. The molecule has 0 spiro atoms. The van der Waals surface area contributed by atoms with E-state index in [1.54, 1.807) is 24.7 Å². The number of halogens is 7. The van der Waals surface area contributed by atoms with Crippen LogP contribution >= 0.6 is 0 Å². The van der Waals surface area contributed by atoms with Gasteiger partial charge >= 0.3 is 24.0 Å². The second-order valence-electron chi connectivity index (χ2n) is 12.1. The third kappa shape index (κ3) is 8.55. The topological polar surface area (TPSA) is 117 Å². The number of nitrogens with zero attached hydrogens (tertiary/aromatic N) is 6. The minimum Gasteiger partial charge on any atom is -1.00 e. The van der Waals surface area contributed by atoms with Gasteiger partial charge in [0.25, 0.3) is 6.33 Å². The van der Waals surface area contributed by atoms with Crippen LogP contribution in [0.25, 0.3) is 5.69 Å². The number of rotatable bonds is 13. The largest absolute Gasteiger partial charge is 1.00 e. The molecule has 0 aliphatic carbocycles. The van der Waals surface area contributed by atoms with E-state index in [1.165, 1.54) is 49.1 Å². The lowest BCUT2D eigenvalue weighted by Crippen LogP contribution is -3.00. The Morgan fingerprint density at radius 2 is 1.67 bits per heavy atom. The van der Waals surface area contributed by atoms with Gasteiger partial charge in [-0.1, -0.05) is 6.07 Å². The maximum absolute atomic E-state index is 15.3. The van der Waals surface area contributed by atoms with E-state index < -0.39 is 60.4 Å². The van der Waals surface area contributed by atoms with Crippen molar-refractivity contribution in [1.29, 1.82) is 0 Å². The van der Waals surface area contributed by atoms with Crippen molar-refractivity contribution >= 4 is 5.97 Å². The average molecular weight is 800 g/mol. The minimum atomic E-state index is -4.36. The van der Waals surface area contributed by atoms with Gasteiger partial charge in [0.2, 0.25) is 6.33 Å². The first kappa shape index (κ1) is 39.8. The average Bonchev–Trinajstić information content (AvgIpc) is 3.66. The number of benzene rings is 3. The second-order valence-corrected chi connectivity index (χ2v) is 12.1. The highest BCUT2D eigenvalue weighted by Gasteiger charge is 2.44. The van der Waals surface area contributed by atoms with Gasteiger partial charge in [0.1, 0.15) is 41.6 Å². The monoisotopic (exact) mass is 798 g/mol. The highest BCUT2D eigenvalue weighted by atomic mass is 79.9. The van der Waals surface area contributed by atoms with Crippen LogP contribution < -0.4 is 36.7 Å². The molecule has 278 valence electrons. The summed E-state index contributed by atoms with van der Waals surface area (Å²) in [5.74, 6) is -6.47. The first-order chi connectivity index (χ1) is 24.0. The molecule has 5 aromatic rings. The molecule has 5 rings (SSSR count). The molecule has 0 saturated carbocycles. The van der Waals surface area contributed by atoms with Crippen LogP contribution in [-0.2, 0) is 23.5 Å². The van der Waals surface area contributed by atoms with Crippen LogP contribution in [0.4, 0.5) is 26.3 Å². The van der Waals surface area contributed by atoms with E-state index in [4.69, 9.17) is 9.47 Å². The van der Waals surface area contributed by atoms with E-state index in [1.807, 2.05) is 12.1 Å². The molecule has 2 aromatic heterocycles. The zero-order chi connectivity index (χ0) is 37.2. The molecule has 2 unspecified atom stereocenters. The number of hydrogen-bond acceptors (Lipinski definition) is 7. The van der Waals surface area contributed by atoms with Gasteiger partial charge in [-0.15, -0.1) is 4.68 Å². The lowest BCUT2D eigenvalue weighted by atomic mass is 9.86. The number of esters is 1. The Bertz CT molecular complexity index is 2080. The molecule has 0 radical (unpaired) electrons. The van der Waals surface area contributed by atoms with E-state index in [0.29, 0.717) is 18.4 Å². The quantitative estimate of drug-likeness (QED) is 0.0837. The summed E-state index contributed by atoms with van der Waals surface area (Å²) in [4.78, 5) is 25.1. The van der Waals surface area contributed by atoms with Crippen LogP contribution in [0.5, 0.6) is 11.5 Å². The van der Waals surface area contributed by atoms with Crippen LogP contribution in [0.3, 0.4) is 0 Å². The SMILES string of the molecule is CC(=O)Oc1c(C)cc(C[n+]2cnn(CC(O)(c3ccc(F)cc3F)C(C)n3ncn(-c4ccc(OCC(F)(F)C(F)F)cc4)c3=O)c2)cc1C.[Br-]. The highest BCUT2D eigenvalue weighted by molar-refractivity contribution is 5.70. The molecule has 0 bridgehead atoms. The van der Waals surface area contributed by atoms with Crippen molar-refractivity contribution in [3.05, 3.63) is 118 Å². The molecule has 52 heavy (non-hydrogen) atoms. The summed E-state index contributed by atoms with van der Waals surface area (Å²) in [6.07, 6.45) is 0.220. The lowest BCUT2D eigenvalue weighted by Gasteiger charge is -2.32. The normalized spacial score (nSPS) is 13.4. The summed E-state index contributed by atoms with van der Waals surface area (Å²) in [6.45, 7) is 4.68. The minimum absolute atomic E-state index is 0. The maximum atomic E-state index is 15.3. The molecule has 11 nitrogen and oxygen atoms in total. The summed E-state index contributed by atoms with van der Waals surface area (Å²) in [5, 5.41) is 20.6. The fourth-order valence-electron chi connectivity index (χ4n) is 5.61. The van der Waals surface area contributed by atoms with Crippen LogP contribution in [0.15, 0.2) is 78.4 Å². The molecular formula is C34H33BrF6N6O5. The fraction of sp³-hybridized carbons (Fsp3) is 0.324. The maximum Gasteiger partial charge on any atom is 0.350 e. The Morgan fingerprint density at radius 3 is 2.27 bits per heavy atom. The molecule has 0 amide bonds. The summed E-state index contributed by atoms with van der Waals surface area (Å²) >= 11 is 0. The first-order valence-electron chi connectivity index (χ1n) is 15.4. The number of carbonyl (C=O) groups excluding carboxylic acids is 1. The molecule has 0 saturated heterocycles. The van der Waals surface area contributed by atoms with Gasteiger partial charge in [0.05, 0.1) is 18.3 Å². The molecule has 0 fully saturated rings. The lowest BCUT2D eigenvalue weighted by molar-refractivity contribution is -0.689. The van der Waals surface area contributed by atoms with Gasteiger partial charge in [-0.3, -0.25) is 4.79 Å². The van der Waals surface area contributed by atoms with Crippen LogP contribution in [0.2, 0.25) is 0 Å². The number of aryl methyl sites for hydroxylation is 2. The van der Waals surface area contributed by atoms with Crippen molar-refractivity contribution in [2.24, 2.45) is 0 Å². The molecular weight excluding hydrogens is 766 g/mol. The van der Waals surface area contributed by atoms with Gasteiger partial charge in [0, 0.05) is 23.7 Å². The van der Waals surface area contributed by atoms with E-state index >= 15 is 4.39 Å². The van der Waals surface area contributed by atoms with Crippen LogP contribution in [0, 0.1) is 25.5 Å². The predicted octanol–water partition coefficient (Wildman–Crippen LogP) is 1.82. The number of alkyl halides is 4. The second kappa shape index (κ2) is 15.7. The summed E-state index contributed by atoms with van der Waals surface area (Å²) in [6, 6.07) is 10.0. The first-order valence-corrected chi connectivity index (χ1v) is 15.4. The predicted molar refractivity (Wildman–Crippen MR) is 168 cm³/mol. The van der Waals surface area contributed by atoms with E-state index in [9.17, 15) is 36.6 Å². The Kier molecular flexibility index (Phi) is 12.0. The molecule has 2 atom stereocenters. The molecule has 1 N–H and O–H groups in total. The van der Waals surface area contributed by atoms with E-state index in [0.717, 1.165) is 44.4 Å². The molecule has 2 heterocycles. The van der Waals surface area contributed by atoms with Crippen molar-refractivity contribution in [1.82, 2.24) is 24.1 Å². The summed E-state index contributed by atoms with van der Waals surface area (Å²) in [7, 11) is 0. The van der Waals surface area contributed by atoms with Gasteiger partial charge in [-0.2, -0.15) is 13.9 Å². The van der Waals surface area contributed by atoms with E-state index in [2.05, 4.69) is 10.2 Å². The number of ether oxygens (including phenoxy) is 2. The number of hydrogen-bond donors (Lipinski definition) is 1. The van der Waals surface area contributed by atoms with Crippen LogP contribution in [-0.4, -0.2) is 54.2 Å². The zero-order valence-corrected chi connectivity index (χ0v) is 29.7. The number of carbonyl (C=O) groups is 1. The third-order valence-corrected chi connectivity index (χ3v) is 8.18. The van der Waals surface area contributed by atoms with Gasteiger partial charge in [0.15, 0.2) is 6.61 Å². The smallest absolute Gasteiger partial charge is 0.350 e. The third-order valence-electron chi connectivity index (χ3n) is 8.18. The highest BCUT2D eigenvalue weighted by Crippen LogP contribution is 2.36.